The maximum Gasteiger partial charge on any atom is 0.235 e. The van der Waals surface area contributed by atoms with Crippen LogP contribution in [0.15, 0.2) is 18.2 Å². The molecule has 0 aliphatic carbocycles. The van der Waals surface area contributed by atoms with Crippen LogP contribution in [0.4, 0.5) is 0 Å². The van der Waals surface area contributed by atoms with E-state index < -0.39 is 0 Å². The van der Waals surface area contributed by atoms with Gasteiger partial charge in [-0.15, -0.1) is 35.4 Å². The number of carbonyl (C=O) groups is 1. The standard InChI is InChI=1S/C16H14ClINO2.Y/c1-3-9-21-11-5-6-12(13(17)10-11)15-8-7-14(18)16(20)19(15)4-2;/h1,5-6,10,14H,4,7,9H2,2H3;/q-1;. The van der Waals surface area contributed by atoms with Crippen molar-refractivity contribution >= 4 is 45.8 Å². The van der Waals surface area contributed by atoms with Gasteiger partial charge < -0.3 is 9.64 Å². The largest absolute Gasteiger partial charge is 0.481 e. The molecular formula is C16H14ClINO2Y-. The monoisotopic (exact) mass is 503 g/mol. The molecule has 1 amide bonds. The first kappa shape index (κ1) is 20.0. The molecule has 1 aliphatic heterocycles. The number of ether oxygens (including phenoxy) is 1. The van der Waals surface area contributed by atoms with E-state index in [4.69, 9.17) is 22.8 Å². The maximum atomic E-state index is 12.2. The Morgan fingerprint density at radius 1 is 1.59 bits per heavy atom. The molecule has 1 aromatic rings. The van der Waals surface area contributed by atoms with Gasteiger partial charge in [-0.05, 0) is 24.1 Å². The van der Waals surface area contributed by atoms with Crippen molar-refractivity contribution in [1.82, 2.24) is 4.90 Å². The zero-order valence-electron chi connectivity index (χ0n) is 12.1. The van der Waals surface area contributed by atoms with Crippen molar-refractivity contribution in [3.8, 4) is 18.1 Å². The van der Waals surface area contributed by atoms with Crippen LogP contribution in [0.5, 0.6) is 5.75 Å². The van der Waals surface area contributed by atoms with Gasteiger partial charge in [-0.3, -0.25) is 4.79 Å². The first-order valence-electron chi connectivity index (χ1n) is 6.51. The number of carbonyl (C=O) groups excluding carboxylic acids is 1. The van der Waals surface area contributed by atoms with Crippen LogP contribution in [-0.2, 0) is 37.5 Å². The molecular weight excluding hydrogens is 489 g/mol. The minimum Gasteiger partial charge on any atom is -0.481 e. The van der Waals surface area contributed by atoms with Gasteiger partial charge in [-0.25, -0.2) is 6.08 Å². The Morgan fingerprint density at radius 3 is 2.91 bits per heavy atom. The van der Waals surface area contributed by atoms with E-state index in [2.05, 4.69) is 34.6 Å². The molecule has 1 aromatic carbocycles. The summed E-state index contributed by atoms with van der Waals surface area (Å²) in [6, 6.07) is 5.33. The van der Waals surface area contributed by atoms with Gasteiger partial charge >= 0.3 is 0 Å². The Morgan fingerprint density at radius 2 is 2.32 bits per heavy atom. The van der Waals surface area contributed by atoms with E-state index in [0.29, 0.717) is 23.7 Å². The number of nitrogens with zero attached hydrogens (tertiary/aromatic N) is 1. The van der Waals surface area contributed by atoms with E-state index in [1.54, 1.807) is 17.0 Å². The zero-order chi connectivity index (χ0) is 15.4. The third kappa shape index (κ3) is 4.47. The van der Waals surface area contributed by atoms with Crippen LogP contribution < -0.4 is 4.74 Å². The molecule has 0 aromatic heterocycles. The quantitative estimate of drug-likeness (QED) is 0.272. The van der Waals surface area contributed by atoms with E-state index in [-0.39, 0.29) is 49.1 Å². The van der Waals surface area contributed by atoms with Crippen LogP contribution in [0.3, 0.4) is 0 Å². The van der Waals surface area contributed by atoms with Gasteiger partial charge in [0.05, 0.1) is 3.92 Å². The molecule has 0 N–H and O–H groups in total. The van der Waals surface area contributed by atoms with Crippen molar-refractivity contribution in [3.63, 3.8) is 0 Å². The third-order valence-corrected chi connectivity index (χ3v) is 4.37. The summed E-state index contributed by atoms with van der Waals surface area (Å²) in [4.78, 5) is 13.9. The molecule has 0 saturated heterocycles. The predicted octanol–water partition coefficient (Wildman–Crippen LogP) is 3.55. The van der Waals surface area contributed by atoms with Gasteiger partial charge in [0.15, 0.2) is 0 Å². The fourth-order valence-corrected chi connectivity index (χ4v) is 2.92. The van der Waals surface area contributed by atoms with E-state index in [9.17, 15) is 4.79 Å². The fourth-order valence-electron chi connectivity index (χ4n) is 2.11. The number of hydrogen-bond donors (Lipinski definition) is 0. The normalized spacial score (nSPS) is 17.4. The van der Waals surface area contributed by atoms with Crippen LogP contribution in [0.25, 0.3) is 5.70 Å². The minimum atomic E-state index is -0.0664. The van der Waals surface area contributed by atoms with Gasteiger partial charge in [0.25, 0.3) is 0 Å². The van der Waals surface area contributed by atoms with Crippen molar-refractivity contribution in [1.29, 1.82) is 0 Å². The number of amides is 1. The smallest absolute Gasteiger partial charge is 0.235 e. The summed E-state index contributed by atoms with van der Waals surface area (Å²) in [7, 11) is 0. The van der Waals surface area contributed by atoms with Crippen LogP contribution in [0.1, 0.15) is 18.9 Å². The first-order chi connectivity index (χ1) is 10.1. The Bertz CT molecular complexity index is 627. The number of allylic oxidation sites excluding steroid dienone is 1. The molecule has 0 fully saturated rings. The SMILES string of the molecule is C#CCOc1ccc(C2=[C-]CC(I)C(=O)N2CC)c(Cl)c1.[Y]. The summed E-state index contributed by atoms with van der Waals surface area (Å²) in [6.45, 7) is 2.72. The van der Waals surface area contributed by atoms with Gasteiger partial charge in [-0.1, -0.05) is 34.9 Å². The van der Waals surface area contributed by atoms with E-state index >= 15 is 0 Å². The average Bonchev–Trinajstić information content (AvgIpc) is 2.48. The summed E-state index contributed by atoms with van der Waals surface area (Å²) < 4.78 is 5.27. The Labute approximate surface area is 174 Å². The first-order valence-corrected chi connectivity index (χ1v) is 8.13. The predicted molar refractivity (Wildman–Crippen MR) is 92.2 cm³/mol. The minimum absolute atomic E-state index is 0. The third-order valence-electron chi connectivity index (χ3n) is 3.09. The summed E-state index contributed by atoms with van der Waals surface area (Å²) in [6.07, 6.45) is 9.03. The number of alkyl halides is 1. The van der Waals surface area contributed by atoms with Crippen molar-refractivity contribution in [2.75, 3.05) is 13.2 Å². The van der Waals surface area contributed by atoms with E-state index in [1.165, 1.54) is 0 Å². The summed E-state index contributed by atoms with van der Waals surface area (Å²) in [5.74, 6) is 3.11. The second-order valence-corrected chi connectivity index (χ2v) is 6.32. The number of rotatable bonds is 4. The van der Waals surface area contributed by atoms with E-state index in [1.807, 2.05) is 13.0 Å². The average molecular weight is 504 g/mol. The molecule has 0 bridgehead atoms. The molecule has 0 spiro atoms. The molecule has 1 heterocycles. The van der Waals surface area contributed by atoms with Gasteiger partial charge in [0.1, 0.15) is 12.4 Å². The van der Waals surface area contributed by atoms with Crippen LogP contribution in [0, 0.1) is 18.4 Å². The van der Waals surface area contributed by atoms with Crippen LogP contribution in [-0.4, -0.2) is 27.9 Å². The number of halogens is 2. The van der Waals surface area contributed by atoms with Crippen LogP contribution in [0.2, 0.25) is 5.02 Å². The summed E-state index contributed by atoms with van der Waals surface area (Å²) >= 11 is 8.46. The molecule has 1 aliphatic rings. The molecule has 1 atom stereocenters. The molecule has 1 unspecified atom stereocenters. The van der Waals surface area contributed by atoms with Crippen LogP contribution >= 0.6 is 34.2 Å². The summed E-state index contributed by atoms with van der Waals surface area (Å²) in [5.41, 5.74) is 1.52. The Hall–Kier alpha value is -0.0861. The van der Waals surface area contributed by atoms with E-state index in [0.717, 1.165) is 11.3 Å². The zero-order valence-corrected chi connectivity index (χ0v) is 17.9. The second kappa shape index (κ2) is 9.27. The number of benzene rings is 1. The van der Waals surface area contributed by atoms with Crippen molar-refractivity contribution < 1.29 is 42.2 Å². The molecule has 1 radical (unpaired) electrons. The molecule has 3 nitrogen and oxygen atoms in total. The Kier molecular flexibility index (Phi) is 8.41. The fraction of sp³-hybridized carbons (Fsp3) is 0.312. The molecule has 6 heteroatoms. The second-order valence-electron chi connectivity index (χ2n) is 4.41. The molecule has 2 rings (SSSR count). The molecule has 22 heavy (non-hydrogen) atoms. The topological polar surface area (TPSA) is 29.5 Å². The molecule has 113 valence electrons. The number of hydrogen-bond acceptors (Lipinski definition) is 2. The van der Waals surface area contributed by atoms with Gasteiger partial charge in [0, 0.05) is 39.3 Å². The Balaban J connectivity index is 0.00000242. The van der Waals surface area contributed by atoms with Gasteiger partial charge in [0.2, 0.25) is 5.91 Å². The number of terminal acetylenes is 1. The van der Waals surface area contributed by atoms with Crippen molar-refractivity contribution in [2.24, 2.45) is 0 Å². The van der Waals surface area contributed by atoms with Crippen molar-refractivity contribution in [2.45, 2.75) is 17.3 Å². The molecule has 0 saturated carbocycles. The summed E-state index contributed by atoms with van der Waals surface area (Å²) in [5, 5.41) is 0.519. The van der Waals surface area contributed by atoms with Gasteiger partial charge in [-0.2, -0.15) is 0 Å². The van der Waals surface area contributed by atoms with Crippen molar-refractivity contribution in [3.05, 3.63) is 34.9 Å². The maximum absolute atomic E-state index is 12.2.